The minimum Gasteiger partial charge on any atom is -0.497 e. The number of benzene rings is 1. The van der Waals surface area contributed by atoms with Gasteiger partial charge in [-0.25, -0.2) is 0 Å². The summed E-state index contributed by atoms with van der Waals surface area (Å²) in [5.74, 6) is 2.53. The highest BCUT2D eigenvalue weighted by Crippen LogP contribution is 2.61. The SMILES string of the molecule is COc1ccc2c(c1)CC[C@@H]1[C@@H]2CC[C@@]2(C)[C@@H](O)[C@@H](N=[N+]=[N-])C[C@@H]12. The van der Waals surface area contributed by atoms with Gasteiger partial charge in [0.1, 0.15) is 5.75 Å². The van der Waals surface area contributed by atoms with Crippen molar-refractivity contribution in [1.29, 1.82) is 0 Å². The Morgan fingerprint density at radius 3 is 2.96 bits per heavy atom. The van der Waals surface area contributed by atoms with E-state index < -0.39 is 6.10 Å². The maximum atomic E-state index is 10.7. The molecule has 0 aromatic heterocycles. The molecular weight excluding hydrogens is 302 g/mol. The van der Waals surface area contributed by atoms with Crippen LogP contribution in [0.4, 0.5) is 0 Å². The van der Waals surface area contributed by atoms with Crippen molar-refractivity contribution in [1.82, 2.24) is 0 Å². The summed E-state index contributed by atoms with van der Waals surface area (Å²) < 4.78 is 5.38. The predicted octanol–water partition coefficient (Wildman–Crippen LogP) is 4.20. The number of rotatable bonds is 2. The lowest BCUT2D eigenvalue weighted by molar-refractivity contribution is -0.0255. The number of hydrogen-bond donors (Lipinski definition) is 1. The van der Waals surface area contributed by atoms with Crippen LogP contribution in [-0.2, 0) is 6.42 Å². The van der Waals surface area contributed by atoms with E-state index in [4.69, 9.17) is 10.3 Å². The molecule has 1 N–H and O–H groups in total. The van der Waals surface area contributed by atoms with E-state index in [0.717, 1.165) is 37.9 Å². The van der Waals surface area contributed by atoms with Crippen LogP contribution in [-0.4, -0.2) is 24.4 Å². The van der Waals surface area contributed by atoms with Gasteiger partial charge in [0, 0.05) is 4.91 Å². The summed E-state index contributed by atoms with van der Waals surface area (Å²) in [6.07, 6.45) is 4.66. The molecule has 0 heterocycles. The lowest BCUT2D eigenvalue weighted by Gasteiger charge is -2.50. The maximum absolute atomic E-state index is 10.7. The van der Waals surface area contributed by atoms with Crippen molar-refractivity contribution < 1.29 is 9.84 Å². The third-order valence-corrected chi connectivity index (χ3v) is 7.11. The monoisotopic (exact) mass is 327 g/mol. The molecule has 3 aliphatic rings. The lowest BCUT2D eigenvalue weighted by Crippen LogP contribution is -2.44. The average Bonchev–Trinajstić information content (AvgIpc) is 2.86. The van der Waals surface area contributed by atoms with Crippen LogP contribution < -0.4 is 4.74 Å². The van der Waals surface area contributed by atoms with E-state index in [0.29, 0.717) is 17.8 Å². The van der Waals surface area contributed by atoms with Crippen LogP contribution in [0.1, 0.15) is 49.7 Å². The van der Waals surface area contributed by atoms with E-state index >= 15 is 0 Å². The smallest absolute Gasteiger partial charge is 0.119 e. The van der Waals surface area contributed by atoms with E-state index in [1.54, 1.807) is 7.11 Å². The molecule has 2 saturated carbocycles. The van der Waals surface area contributed by atoms with Crippen molar-refractivity contribution in [2.24, 2.45) is 22.4 Å². The first-order valence-corrected chi connectivity index (χ1v) is 8.97. The summed E-state index contributed by atoms with van der Waals surface area (Å²) in [6, 6.07) is 6.23. The zero-order valence-corrected chi connectivity index (χ0v) is 14.4. The first-order chi connectivity index (χ1) is 11.6. The summed E-state index contributed by atoms with van der Waals surface area (Å²) in [4.78, 5) is 2.97. The van der Waals surface area contributed by atoms with Crippen LogP contribution in [0.2, 0.25) is 0 Å². The second kappa shape index (κ2) is 5.68. The molecule has 2 fully saturated rings. The Hall–Kier alpha value is -1.71. The highest BCUT2D eigenvalue weighted by molar-refractivity contribution is 5.40. The Balaban J connectivity index is 1.67. The van der Waals surface area contributed by atoms with Crippen molar-refractivity contribution in [2.75, 3.05) is 7.11 Å². The van der Waals surface area contributed by atoms with Crippen molar-refractivity contribution in [3.05, 3.63) is 39.8 Å². The Morgan fingerprint density at radius 1 is 1.38 bits per heavy atom. The fourth-order valence-corrected chi connectivity index (χ4v) is 5.85. The summed E-state index contributed by atoms with van der Waals surface area (Å²) in [5.41, 5.74) is 11.6. The topological polar surface area (TPSA) is 78.2 Å². The number of nitrogens with zero attached hydrogens (tertiary/aromatic N) is 3. The maximum Gasteiger partial charge on any atom is 0.119 e. The predicted molar refractivity (Wildman–Crippen MR) is 91.9 cm³/mol. The minimum absolute atomic E-state index is 0.107. The Morgan fingerprint density at radius 2 is 2.21 bits per heavy atom. The van der Waals surface area contributed by atoms with Gasteiger partial charge in [-0.1, -0.05) is 18.1 Å². The van der Waals surface area contributed by atoms with Gasteiger partial charge in [-0.15, -0.1) is 0 Å². The van der Waals surface area contributed by atoms with Gasteiger partial charge in [0.05, 0.1) is 19.3 Å². The van der Waals surface area contributed by atoms with Crippen LogP contribution >= 0.6 is 0 Å². The molecule has 0 spiro atoms. The number of aliphatic hydroxyl groups excluding tert-OH is 1. The van der Waals surface area contributed by atoms with Gasteiger partial charge in [-0.05, 0) is 84.1 Å². The molecule has 6 atom stereocenters. The Bertz CT molecular complexity index is 700. The first-order valence-electron chi connectivity index (χ1n) is 8.97. The molecule has 1 aromatic rings. The third-order valence-electron chi connectivity index (χ3n) is 7.11. The second-order valence-corrected chi connectivity index (χ2v) is 7.98. The molecule has 0 amide bonds. The molecule has 24 heavy (non-hydrogen) atoms. The minimum atomic E-state index is -0.503. The molecule has 5 nitrogen and oxygen atoms in total. The molecule has 128 valence electrons. The molecular formula is C19H25N3O2. The normalized spacial score (nSPS) is 40.0. The largest absolute Gasteiger partial charge is 0.497 e. The van der Waals surface area contributed by atoms with Gasteiger partial charge in [-0.3, -0.25) is 0 Å². The van der Waals surface area contributed by atoms with Crippen molar-refractivity contribution in [2.45, 2.75) is 57.1 Å². The number of fused-ring (bicyclic) bond motifs is 5. The van der Waals surface area contributed by atoms with Gasteiger partial charge in [0.15, 0.2) is 0 Å². The average molecular weight is 327 g/mol. The van der Waals surface area contributed by atoms with Crippen LogP contribution in [0, 0.1) is 17.3 Å². The standard InChI is InChI=1S/C19H25N3O2/c1-19-8-7-14-13-6-4-12(24-2)9-11(13)3-5-15(14)16(19)10-17(18(19)23)21-22-20/h4,6,9,14-18,23H,3,5,7-8,10H2,1-2H3/t14-,15-,16+,17+,18+,19-/m1/s1. The molecule has 5 heteroatoms. The number of aliphatic hydroxyl groups is 1. The van der Waals surface area contributed by atoms with Crippen molar-refractivity contribution in [3.63, 3.8) is 0 Å². The Kier molecular flexibility index (Phi) is 3.74. The van der Waals surface area contributed by atoms with Crippen LogP contribution in [0.3, 0.4) is 0 Å². The van der Waals surface area contributed by atoms with E-state index in [-0.39, 0.29) is 11.5 Å². The lowest BCUT2D eigenvalue weighted by atomic mass is 9.55. The van der Waals surface area contributed by atoms with Gasteiger partial charge in [0.25, 0.3) is 0 Å². The summed E-state index contributed by atoms with van der Waals surface area (Å²) in [5, 5.41) is 14.6. The highest BCUT2D eigenvalue weighted by atomic mass is 16.5. The summed E-state index contributed by atoms with van der Waals surface area (Å²) in [7, 11) is 1.72. The summed E-state index contributed by atoms with van der Waals surface area (Å²) in [6.45, 7) is 2.20. The van der Waals surface area contributed by atoms with Gasteiger partial charge >= 0.3 is 0 Å². The van der Waals surface area contributed by atoms with Gasteiger partial charge in [0.2, 0.25) is 0 Å². The summed E-state index contributed by atoms with van der Waals surface area (Å²) >= 11 is 0. The van der Waals surface area contributed by atoms with E-state index in [2.05, 4.69) is 35.1 Å². The van der Waals surface area contributed by atoms with Gasteiger partial charge < -0.3 is 9.84 Å². The molecule has 3 aliphatic carbocycles. The van der Waals surface area contributed by atoms with Crippen LogP contribution in [0.5, 0.6) is 5.75 Å². The fourth-order valence-electron chi connectivity index (χ4n) is 5.85. The zero-order valence-electron chi connectivity index (χ0n) is 14.4. The fraction of sp³-hybridized carbons (Fsp3) is 0.684. The highest BCUT2D eigenvalue weighted by Gasteiger charge is 2.57. The van der Waals surface area contributed by atoms with Crippen LogP contribution in [0.15, 0.2) is 23.3 Å². The Labute approximate surface area is 142 Å². The van der Waals surface area contributed by atoms with E-state index in [1.165, 1.54) is 11.1 Å². The molecule has 0 unspecified atom stereocenters. The molecule has 1 aromatic carbocycles. The number of azide groups is 1. The van der Waals surface area contributed by atoms with E-state index in [9.17, 15) is 5.11 Å². The number of methoxy groups -OCH3 is 1. The first kappa shape index (κ1) is 15.8. The molecule has 4 rings (SSSR count). The van der Waals surface area contributed by atoms with Gasteiger partial charge in [-0.2, -0.15) is 0 Å². The third kappa shape index (κ3) is 2.15. The van der Waals surface area contributed by atoms with Crippen LogP contribution in [0.25, 0.3) is 10.4 Å². The molecule has 0 saturated heterocycles. The molecule has 0 aliphatic heterocycles. The quantitative estimate of drug-likeness (QED) is 0.502. The second-order valence-electron chi connectivity index (χ2n) is 7.98. The van der Waals surface area contributed by atoms with Crippen molar-refractivity contribution in [3.8, 4) is 5.75 Å². The number of aryl methyl sites for hydroxylation is 1. The molecule has 0 radical (unpaired) electrons. The number of hydrogen-bond acceptors (Lipinski definition) is 3. The van der Waals surface area contributed by atoms with Crippen molar-refractivity contribution >= 4 is 0 Å². The van der Waals surface area contributed by atoms with E-state index in [1.807, 2.05) is 0 Å². The molecule has 0 bridgehead atoms. The zero-order chi connectivity index (χ0) is 16.9. The number of ether oxygens (including phenoxy) is 1.